The third-order valence-corrected chi connectivity index (χ3v) is 3.93. The molecule has 2 rings (SSSR count). The summed E-state index contributed by atoms with van der Waals surface area (Å²) < 4.78 is 5.72. The summed E-state index contributed by atoms with van der Waals surface area (Å²) in [5.74, 6) is 8.42. The Hall–Kier alpha value is -1.40. The smallest absolute Gasteiger partial charge is 0.148 e. The van der Waals surface area contributed by atoms with Crippen LogP contribution in [0.4, 0.5) is 11.6 Å². The van der Waals surface area contributed by atoms with Crippen molar-refractivity contribution in [3.63, 3.8) is 0 Å². The van der Waals surface area contributed by atoms with E-state index in [1.54, 1.807) is 0 Å². The second kappa shape index (κ2) is 6.85. The first-order valence-corrected chi connectivity index (χ1v) is 7.39. The number of anilines is 2. The van der Waals surface area contributed by atoms with Crippen molar-refractivity contribution in [3.05, 3.63) is 11.4 Å². The van der Waals surface area contributed by atoms with Gasteiger partial charge in [0.1, 0.15) is 17.5 Å². The number of hydrogen-bond donors (Lipinski definition) is 3. The van der Waals surface area contributed by atoms with E-state index in [9.17, 15) is 0 Å². The van der Waals surface area contributed by atoms with Crippen LogP contribution in [0.5, 0.6) is 0 Å². The summed E-state index contributed by atoms with van der Waals surface area (Å²) in [4.78, 5) is 8.92. The standard InChI is InChI=1S/C14H25N5O/c1-4-11-10(6-7-20-11)8-16-13-9(3)14(19-15)18-12(5-2)17-13/h10-11H,4-8,15H2,1-3H3,(H2,16,17,18,19). The fourth-order valence-electron chi connectivity index (χ4n) is 2.64. The molecule has 1 fully saturated rings. The first-order chi connectivity index (χ1) is 9.69. The SMILES string of the molecule is CCc1nc(NN)c(C)c(NCC2CCOC2CC)n1. The number of nitrogen functional groups attached to an aromatic ring is 1. The van der Waals surface area contributed by atoms with Crippen LogP contribution < -0.4 is 16.6 Å². The van der Waals surface area contributed by atoms with Crippen LogP contribution in [0, 0.1) is 12.8 Å². The van der Waals surface area contributed by atoms with Gasteiger partial charge in [-0.15, -0.1) is 0 Å². The number of aryl methyl sites for hydroxylation is 1. The van der Waals surface area contributed by atoms with Crippen molar-refractivity contribution in [2.45, 2.75) is 46.1 Å². The lowest BCUT2D eigenvalue weighted by Crippen LogP contribution is -2.24. The van der Waals surface area contributed by atoms with Gasteiger partial charge in [0, 0.05) is 31.1 Å². The lowest BCUT2D eigenvalue weighted by molar-refractivity contribution is 0.0900. The molecule has 0 spiro atoms. The minimum absolute atomic E-state index is 0.363. The van der Waals surface area contributed by atoms with E-state index in [1.165, 1.54) is 0 Å². The maximum absolute atomic E-state index is 5.72. The van der Waals surface area contributed by atoms with Gasteiger partial charge >= 0.3 is 0 Å². The van der Waals surface area contributed by atoms with Crippen LogP contribution in [0.1, 0.15) is 38.1 Å². The van der Waals surface area contributed by atoms with Crippen molar-refractivity contribution in [3.8, 4) is 0 Å². The lowest BCUT2D eigenvalue weighted by atomic mass is 10.00. The van der Waals surface area contributed by atoms with Gasteiger partial charge in [-0.3, -0.25) is 0 Å². The summed E-state index contributed by atoms with van der Waals surface area (Å²) in [6, 6.07) is 0. The van der Waals surface area contributed by atoms with Gasteiger partial charge in [-0.25, -0.2) is 15.8 Å². The molecular weight excluding hydrogens is 254 g/mol. The van der Waals surface area contributed by atoms with Crippen molar-refractivity contribution in [1.82, 2.24) is 9.97 Å². The van der Waals surface area contributed by atoms with Crippen molar-refractivity contribution in [2.75, 3.05) is 23.9 Å². The molecule has 2 heterocycles. The molecule has 4 N–H and O–H groups in total. The Morgan fingerprint density at radius 3 is 2.70 bits per heavy atom. The molecule has 2 unspecified atom stereocenters. The van der Waals surface area contributed by atoms with Gasteiger partial charge in [0.2, 0.25) is 0 Å². The summed E-state index contributed by atoms with van der Waals surface area (Å²) in [6.07, 6.45) is 3.32. The highest BCUT2D eigenvalue weighted by Crippen LogP contribution is 2.25. The number of nitrogens with zero attached hydrogens (tertiary/aromatic N) is 2. The lowest BCUT2D eigenvalue weighted by Gasteiger charge is -2.19. The predicted molar refractivity (Wildman–Crippen MR) is 80.6 cm³/mol. The van der Waals surface area contributed by atoms with E-state index in [0.29, 0.717) is 17.8 Å². The van der Waals surface area contributed by atoms with Gasteiger partial charge in [-0.05, 0) is 19.8 Å². The van der Waals surface area contributed by atoms with Gasteiger partial charge in [0.15, 0.2) is 0 Å². The first kappa shape index (κ1) is 15.0. The third-order valence-electron chi connectivity index (χ3n) is 3.93. The van der Waals surface area contributed by atoms with E-state index in [1.807, 2.05) is 13.8 Å². The summed E-state index contributed by atoms with van der Waals surface area (Å²) in [6.45, 7) is 7.92. The molecule has 1 saturated heterocycles. The Kier molecular flexibility index (Phi) is 5.14. The Bertz CT molecular complexity index is 451. The van der Waals surface area contributed by atoms with Crippen LogP contribution in [0.15, 0.2) is 0 Å². The fraction of sp³-hybridized carbons (Fsp3) is 0.714. The quantitative estimate of drug-likeness (QED) is 0.544. The van der Waals surface area contributed by atoms with Crippen LogP contribution in [-0.2, 0) is 11.2 Å². The van der Waals surface area contributed by atoms with E-state index in [-0.39, 0.29) is 0 Å². The fourth-order valence-corrected chi connectivity index (χ4v) is 2.64. The Balaban J connectivity index is 2.08. The zero-order chi connectivity index (χ0) is 14.5. The van der Waals surface area contributed by atoms with Gasteiger partial charge in [-0.1, -0.05) is 13.8 Å². The Morgan fingerprint density at radius 1 is 1.30 bits per heavy atom. The second-order valence-corrected chi connectivity index (χ2v) is 5.21. The molecule has 20 heavy (non-hydrogen) atoms. The average molecular weight is 279 g/mol. The molecule has 1 aliphatic rings. The summed E-state index contributed by atoms with van der Waals surface area (Å²) >= 11 is 0. The normalized spacial score (nSPS) is 22.0. The topological polar surface area (TPSA) is 85.1 Å². The molecule has 1 aliphatic heterocycles. The van der Waals surface area contributed by atoms with Crippen LogP contribution >= 0.6 is 0 Å². The maximum atomic E-state index is 5.72. The zero-order valence-corrected chi connectivity index (χ0v) is 12.6. The first-order valence-electron chi connectivity index (χ1n) is 7.39. The monoisotopic (exact) mass is 279 g/mol. The summed E-state index contributed by atoms with van der Waals surface area (Å²) in [5.41, 5.74) is 3.60. The molecule has 2 atom stereocenters. The Morgan fingerprint density at radius 2 is 2.05 bits per heavy atom. The zero-order valence-electron chi connectivity index (χ0n) is 12.6. The molecule has 0 aliphatic carbocycles. The van der Waals surface area contributed by atoms with Crippen LogP contribution in [0.2, 0.25) is 0 Å². The van der Waals surface area contributed by atoms with Crippen molar-refractivity contribution < 1.29 is 4.74 Å². The average Bonchev–Trinajstić information content (AvgIpc) is 2.93. The molecular formula is C14H25N5O. The summed E-state index contributed by atoms with van der Waals surface area (Å²) in [7, 11) is 0. The molecule has 1 aromatic heterocycles. The van der Waals surface area contributed by atoms with E-state index < -0.39 is 0 Å². The minimum Gasteiger partial charge on any atom is -0.378 e. The van der Waals surface area contributed by atoms with Crippen molar-refractivity contribution >= 4 is 11.6 Å². The molecule has 0 saturated carbocycles. The molecule has 112 valence electrons. The van der Waals surface area contributed by atoms with E-state index in [0.717, 1.165) is 49.6 Å². The third kappa shape index (κ3) is 3.19. The van der Waals surface area contributed by atoms with Crippen molar-refractivity contribution in [1.29, 1.82) is 0 Å². The highest BCUT2D eigenvalue weighted by atomic mass is 16.5. The van der Waals surface area contributed by atoms with E-state index in [2.05, 4.69) is 27.6 Å². The molecule has 0 amide bonds. The largest absolute Gasteiger partial charge is 0.378 e. The molecule has 0 aromatic carbocycles. The number of nitrogens with two attached hydrogens (primary N) is 1. The maximum Gasteiger partial charge on any atom is 0.148 e. The Labute approximate surface area is 120 Å². The molecule has 1 aromatic rings. The predicted octanol–water partition coefficient (Wildman–Crippen LogP) is 1.86. The van der Waals surface area contributed by atoms with Gasteiger partial charge in [-0.2, -0.15) is 0 Å². The van der Waals surface area contributed by atoms with Crippen LogP contribution in [0.3, 0.4) is 0 Å². The van der Waals surface area contributed by atoms with E-state index >= 15 is 0 Å². The van der Waals surface area contributed by atoms with Crippen LogP contribution in [-0.4, -0.2) is 29.2 Å². The molecule has 0 bridgehead atoms. The van der Waals surface area contributed by atoms with Gasteiger partial charge in [0.05, 0.1) is 6.10 Å². The second-order valence-electron chi connectivity index (χ2n) is 5.21. The van der Waals surface area contributed by atoms with Crippen LogP contribution in [0.25, 0.3) is 0 Å². The molecule has 6 nitrogen and oxygen atoms in total. The van der Waals surface area contributed by atoms with Gasteiger partial charge < -0.3 is 15.5 Å². The van der Waals surface area contributed by atoms with Crippen molar-refractivity contribution in [2.24, 2.45) is 11.8 Å². The minimum atomic E-state index is 0.363. The summed E-state index contributed by atoms with van der Waals surface area (Å²) in [5, 5.41) is 3.44. The highest BCUT2D eigenvalue weighted by molar-refractivity contribution is 5.56. The number of aromatic nitrogens is 2. The van der Waals surface area contributed by atoms with E-state index in [4.69, 9.17) is 10.6 Å². The molecule has 0 radical (unpaired) electrons. The van der Waals surface area contributed by atoms with Gasteiger partial charge in [0.25, 0.3) is 0 Å². The molecule has 6 heteroatoms. The number of hydrogen-bond acceptors (Lipinski definition) is 6. The number of hydrazine groups is 1. The number of nitrogens with one attached hydrogen (secondary N) is 2. The number of rotatable bonds is 6. The highest BCUT2D eigenvalue weighted by Gasteiger charge is 2.26. The number of ether oxygens (including phenoxy) is 1.